The number of ether oxygens (including phenoxy) is 3. The summed E-state index contributed by atoms with van der Waals surface area (Å²) in [6, 6.07) is 8.56. The number of hydrogen-bond acceptors (Lipinski definition) is 6. The summed E-state index contributed by atoms with van der Waals surface area (Å²) in [6.45, 7) is 1.70. The molecule has 0 radical (unpaired) electrons. The molecule has 104 valence electrons. The van der Waals surface area contributed by atoms with Crippen molar-refractivity contribution in [1.29, 1.82) is 5.41 Å². The minimum atomic E-state index is -1.07. The average molecular weight is 288 g/mol. The molecule has 0 aromatic heterocycles. The molecule has 1 rings (SSSR count). The van der Waals surface area contributed by atoms with E-state index in [0.29, 0.717) is 5.75 Å². The van der Waals surface area contributed by atoms with Crippen LogP contribution >= 0.6 is 12.4 Å². The lowest BCUT2D eigenvalue weighted by Gasteiger charge is -2.06. The van der Waals surface area contributed by atoms with Crippen molar-refractivity contribution in [2.45, 2.75) is 13.3 Å². The van der Waals surface area contributed by atoms with Gasteiger partial charge in [-0.15, -0.1) is 12.4 Å². The highest BCUT2D eigenvalue weighted by atomic mass is 35.5. The van der Waals surface area contributed by atoms with Crippen molar-refractivity contribution in [2.24, 2.45) is 0 Å². The number of carbonyl (C=O) groups excluding carboxylic acids is 2. The van der Waals surface area contributed by atoms with E-state index in [-0.39, 0.29) is 24.9 Å². The van der Waals surface area contributed by atoms with E-state index in [1.54, 1.807) is 37.3 Å². The van der Waals surface area contributed by atoms with Crippen LogP contribution in [-0.2, 0) is 14.3 Å². The molecule has 0 amide bonds. The van der Waals surface area contributed by atoms with Gasteiger partial charge in [-0.25, -0.2) is 4.79 Å². The van der Waals surface area contributed by atoms with Crippen molar-refractivity contribution in [3.8, 4) is 5.75 Å². The third-order valence-corrected chi connectivity index (χ3v) is 1.75. The first-order valence-electron chi connectivity index (χ1n) is 5.29. The van der Waals surface area contributed by atoms with Gasteiger partial charge in [0.1, 0.15) is 12.2 Å². The van der Waals surface area contributed by atoms with E-state index >= 15 is 0 Å². The molecule has 6 nitrogen and oxygen atoms in total. The number of hydrogen-bond donors (Lipinski definition) is 1. The van der Waals surface area contributed by atoms with Crippen LogP contribution in [0.3, 0.4) is 0 Å². The molecule has 7 heteroatoms. The summed E-state index contributed by atoms with van der Waals surface area (Å²) in [6.07, 6.45) is -1.51. The number of para-hydroxylation sites is 1. The first-order valence-corrected chi connectivity index (χ1v) is 5.29. The van der Waals surface area contributed by atoms with Gasteiger partial charge < -0.3 is 14.2 Å². The Balaban J connectivity index is 0.00000324. The molecule has 0 saturated carbocycles. The molecule has 0 heterocycles. The van der Waals surface area contributed by atoms with Crippen LogP contribution in [0.1, 0.15) is 13.3 Å². The van der Waals surface area contributed by atoms with Crippen LogP contribution < -0.4 is 4.74 Å². The maximum Gasteiger partial charge on any atom is 0.516 e. The lowest BCUT2D eigenvalue weighted by molar-refractivity contribution is -0.138. The average Bonchev–Trinajstić information content (AvgIpc) is 2.29. The number of nitrogens with one attached hydrogen (secondary N) is 1. The van der Waals surface area contributed by atoms with Gasteiger partial charge in [-0.3, -0.25) is 10.2 Å². The zero-order valence-electron chi connectivity index (χ0n) is 10.3. The van der Waals surface area contributed by atoms with Gasteiger partial charge in [-0.2, -0.15) is 0 Å². The Morgan fingerprint density at radius 2 is 1.84 bits per heavy atom. The standard InChI is InChI=1S/C12H13NO5.ClH/c1-2-16-12(15)18-11(14)8-10(13)17-9-6-4-3-5-7-9;/h3-7,13H,2,8H2,1H3;1H. The molecule has 0 fully saturated rings. The fourth-order valence-corrected chi connectivity index (χ4v) is 1.07. The van der Waals surface area contributed by atoms with Gasteiger partial charge in [-0.1, -0.05) is 18.2 Å². The van der Waals surface area contributed by atoms with E-state index in [1.165, 1.54) is 0 Å². The molecule has 0 aliphatic carbocycles. The van der Waals surface area contributed by atoms with E-state index < -0.39 is 18.5 Å². The van der Waals surface area contributed by atoms with Crippen molar-refractivity contribution >= 4 is 30.4 Å². The quantitative estimate of drug-likeness (QED) is 0.398. The molecule has 1 N–H and O–H groups in total. The Morgan fingerprint density at radius 1 is 1.21 bits per heavy atom. The third-order valence-electron chi connectivity index (χ3n) is 1.75. The second-order valence-electron chi connectivity index (χ2n) is 3.17. The number of halogens is 1. The molecule has 0 spiro atoms. The molecule has 0 bridgehead atoms. The predicted octanol–water partition coefficient (Wildman–Crippen LogP) is 2.55. The SMILES string of the molecule is CCOC(=O)OC(=O)CC(=N)Oc1ccccc1.Cl. The van der Waals surface area contributed by atoms with Crippen molar-refractivity contribution < 1.29 is 23.8 Å². The van der Waals surface area contributed by atoms with Crippen LogP contribution in [0, 0.1) is 5.41 Å². The normalized spacial score (nSPS) is 8.89. The Labute approximate surface area is 116 Å². The predicted molar refractivity (Wildman–Crippen MR) is 69.8 cm³/mol. The van der Waals surface area contributed by atoms with Crippen LogP contribution in [0.25, 0.3) is 0 Å². The number of esters is 1. The molecule has 0 aliphatic rings. The molecular formula is C12H14ClNO5. The summed E-state index contributed by atoms with van der Waals surface area (Å²) >= 11 is 0. The van der Waals surface area contributed by atoms with Crippen molar-refractivity contribution in [3.05, 3.63) is 30.3 Å². The Bertz CT molecular complexity index is 435. The first kappa shape index (κ1) is 16.9. The third kappa shape index (κ3) is 7.05. The van der Waals surface area contributed by atoms with Crippen molar-refractivity contribution in [1.82, 2.24) is 0 Å². The molecule has 1 aromatic rings. The van der Waals surface area contributed by atoms with Crippen LogP contribution in [-0.4, -0.2) is 24.6 Å². The highest BCUT2D eigenvalue weighted by Gasteiger charge is 2.14. The molecule has 0 atom stereocenters. The van der Waals surface area contributed by atoms with Crippen molar-refractivity contribution in [3.63, 3.8) is 0 Å². The summed E-state index contributed by atoms with van der Waals surface area (Å²) < 4.78 is 13.8. The first-order chi connectivity index (χ1) is 8.61. The zero-order chi connectivity index (χ0) is 13.4. The molecule has 1 aromatic carbocycles. The summed E-state index contributed by atoms with van der Waals surface area (Å²) in [7, 11) is 0. The fraction of sp³-hybridized carbons (Fsp3) is 0.250. The van der Waals surface area contributed by atoms with Gasteiger partial charge >= 0.3 is 12.1 Å². The molecule has 0 saturated heterocycles. The van der Waals surface area contributed by atoms with Crippen LogP contribution in [0.5, 0.6) is 5.75 Å². The summed E-state index contributed by atoms with van der Waals surface area (Å²) in [5, 5.41) is 7.43. The molecule has 19 heavy (non-hydrogen) atoms. The van der Waals surface area contributed by atoms with Crippen molar-refractivity contribution in [2.75, 3.05) is 6.61 Å². The van der Waals surface area contributed by atoms with E-state index in [9.17, 15) is 9.59 Å². The maximum absolute atomic E-state index is 11.2. The number of rotatable bonds is 4. The summed E-state index contributed by atoms with van der Waals surface area (Å²) in [4.78, 5) is 22.0. The lowest BCUT2D eigenvalue weighted by Crippen LogP contribution is -2.19. The summed E-state index contributed by atoms with van der Waals surface area (Å²) in [5.41, 5.74) is 0. The van der Waals surface area contributed by atoms with E-state index in [0.717, 1.165) is 0 Å². The second kappa shape index (κ2) is 8.93. The van der Waals surface area contributed by atoms with Gasteiger partial charge in [0, 0.05) is 0 Å². The zero-order valence-corrected chi connectivity index (χ0v) is 11.1. The number of carbonyl (C=O) groups is 2. The van der Waals surface area contributed by atoms with Crippen LogP contribution in [0.4, 0.5) is 4.79 Å². The molecular weight excluding hydrogens is 274 g/mol. The smallest absolute Gasteiger partial charge is 0.443 e. The Morgan fingerprint density at radius 3 is 2.42 bits per heavy atom. The van der Waals surface area contributed by atoms with Gasteiger partial charge in [0.15, 0.2) is 5.90 Å². The Hall–Kier alpha value is -2.08. The minimum Gasteiger partial charge on any atom is -0.443 e. The van der Waals surface area contributed by atoms with E-state index in [4.69, 9.17) is 10.1 Å². The topological polar surface area (TPSA) is 85.7 Å². The van der Waals surface area contributed by atoms with Gasteiger partial charge in [-0.05, 0) is 19.1 Å². The lowest BCUT2D eigenvalue weighted by atomic mass is 10.3. The largest absolute Gasteiger partial charge is 0.516 e. The van der Waals surface area contributed by atoms with Gasteiger partial charge in [0.25, 0.3) is 0 Å². The van der Waals surface area contributed by atoms with E-state index in [2.05, 4.69) is 9.47 Å². The van der Waals surface area contributed by atoms with Gasteiger partial charge in [0.05, 0.1) is 6.61 Å². The molecule has 0 unspecified atom stereocenters. The second-order valence-corrected chi connectivity index (χ2v) is 3.17. The summed E-state index contributed by atoms with van der Waals surface area (Å²) in [5.74, 6) is -0.767. The highest BCUT2D eigenvalue weighted by molar-refractivity contribution is 5.96. The monoisotopic (exact) mass is 287 g/mol. The maximum atomic E-state index is 11.2. The highest BCUT2D eigenvalue weighted by Crippen LogP contribution is 2.09. The van der Waals surface area contributed by atoms with Gasteiger partial charge in [0.2, 0.25) is 0 Å². The minimum absolute atomic E-state index is 0. The van der Waals surface area contributed by atoms with Crippen LogP contribution in [0.15, 0.2) is 30.3 Å². The van der Waals surface area contributed by atoms with E-state index in [1.807, 2.05) is 0 Å². The number of benzene rings is 1. The fourth-order valence-electron chi connectivity index (χ4n) is 1.07. The molecule has 0 aliphatic heterocycles. The van der Waals surface area contributed by atoms with Crippen LogP contribution in [0.2, 0.25) is 0 Å². The Kier molecular flexibility index (Phi) is 7.95.